The SMILES string of the molecule is COCCOc1ccc(Br)cc1F.COCCOc1ccc(N2CCN(C(=O)C(c3ccccc3)n3ncc4c3nc(N)n3nc(-c5ccco5)nc43)CC2)cc1F.COCCOc1ccc(N2CCN(C(=O)OC(C)(C)C)CC2)cc1F.COCCOc1ccc(N2CCNCC2)cc1F.Cl.Oc1ccc(Br)cc1F. The van der Waals surface area contributed by atoms with Crippen LogP contribution in [0.15, 0.2) is 159 Å². The van der Waals surface area contributed by atoms with Crippen molar-refractivity contribution in [3.63, 3.8) is 0 Å². The number of nitrogens with one attached hydrogen (secondary N) is 1. The van der Waals surface area contributed by atoms with Gasteiger partial charge in [0.05, 0.1) is 44.3 Å². The van der Waals surface area contributed by atoms with Crippen LogP contribution in [0.4, 0.5) is 49.8 Å². The average Bonchev–Trinajstić information content (AvgIpc) is 1.72. The average molecular weight is 1700 g/mol. The molecule has 3 fully saturated rings. The molecule has 6 aromatic carbocycles. The first-order valence-corrected chi connectivity index (χ1v) is 36.8. The van der Waals surface area contributed by atoms with Crippen LogP contribution in [0.3, 0.4) is 0 Å². The highest BCUT2D eigenvalue weighted by molar-refractivity contribution is 9.10. The zero-order chi connectivity index (χ0) is 78.7. The summed E-state index contributed by atoms with van der Waals surface area (Å²) in [5.41, 5.74) is 9.84. The number of piperazine rings is 3. The molecule has 1 unspecified atom stereocenters. The van der Waals surface area contributed by atoms with Crippen molar-refractivity contribution in [1.82, 2.24) is 44.5 Å². The Hall–Kier alpha value is -9.74. The number of halogens is 8. The summed E-state index contributed by atoms with van der Waals surface area (Å²) in [7, 11) is 6.29. The fraction of sp³-hybridized carbons (Fsp3) is 0.377. The Bertz CT molecular complexity index is 4550. The smallest absolute Gasteiger partial charge is 0.410 e. The lowest BCUT2D eigenvalue weighted by Crippen LogP contribution is -2.51. The van der Waals surface area contributed by atoms with E-state index in [1.54, 1.807) is 104 Å². The number of phenols is 1. The molecule has 10 aromatic rings. The molecule has 0 radical (unpaired) electrons. The van der Waals surface area contributed by atoms with Crippen molar-refractivity contribution in [2.24, 2.45) is 0 Å². The van der Waals surface area contributed by atoms with Crippen LogP contribution in [0.25, 0.3) is 28.3 Å². The van der Waals surface area contributed by atoms with Gasteiger partial charge < -0.3 is 87.7 Å². The van der Waals surface area contributed by atoms with Crippen LogP contribution < -0.4 is 44.7 Å². The van der Waals surface area contributed by atoms with Crippen LogP contribution in [0.1, 0.15) is 32.4 Å². The fourth-order valence-electron chi connectivity index (χ4n) is 11.3. The van der Waals surface area contributed by atoms with E-state index in [4.69, 9.17) is 57.9 Å². The number of rotatable bonds is 23. The summed E-state index contributed by atoms with van der Waals surface area (Å²) in [5.74, 6) is -0.729. The number of benzene rings is 6. The number of ether oxygens (including phenoxy) is 9. The van der Waals surface area contributed by atoms with Crippen molar-refractivity contribution in [1.29, 1.82) is 0 Å². The van der Waals surface area contributed by atoms with Crippen molar-refractivity contribution in [2.45, 2.75) is 32.4 Å². The summed E-state index contributed by atoms with van der Waals surface area (Å²) in [5, 5.41) is 21.6. The topological polar surface area (TPSA) is 266 Å². The molecule has 0 aliphatic carbocycles. The first-order valence-electron chi connectivity index (χ1n) is 35.2. The molecule has 26 nitrogen and oxygen atoms in total. The van der Waals surface area contributed by atoms with E-state index in [2.05, 4.69) is 62.2 Å². The minimum absolute atomic E-state index is 0. The molecular formula is C77H91Br2ClF5N13O13. The first-order chi connectivity index (χ1) is 53.1. The highest BCUT2D eigenvalue weighted by Crippen LogP contribution is 2.33. The number of aromatic nitrogens is 6. The second-order valence-corrected chi connectivity index (χ2v) is 27.5. The zero-order valence-corrected chi connectivity index (χ0v) is 66.5. The normalized spacial score (nSPS) is 13.8. The van der Waals surface area contributed by atoms with E-state index < -0.39 is 29.1 Å². The Morgan fingerprint density at radius 1 is 0.550 bits per heavy atom. The molecule has 13 rings (SSSR count). The summed E-state index contributed by atoms with van der Waals surface area (Å²) < 4.78 is 124. The number of phenolic OH excluding ortho intramolecular Hbond substituents is 1. The molecule has 0 bridgehead atoms. The number of carbonyl (C=O) groups excluding carboxylic acids is 2. The Morgan fingerprint density at radius 3 is 1.43 bits per heavy atom. The number of nitrogens with zero attached hydrogens (tertiary/aromatic N) is 11. The number of aromatic hydroxyl groups is 1. The largest absolute Gasteiger partial charge is 0.505 e. The Labute approximate surface area is 663 Å². The molecule has 3 saturated heterocycles. The molecule has 111 heavy (non-hydrogen) atoms. The molecule has 3 aliphatic heterocycles. The number of hydrogen-bond donors (Lipinski definition) is 3. The van der Waals surface area contributed by atoms with Crippen molar-refractivity contribution in [3.05, 3.63) is 190 Å². The van der Waals surface area contributed by atoms with Crippen LogP contribution in [0, 0.1) is 29.1 Å². The number of nitrogens with two attached hydrogens (primary N) is 1. The van der Waals surface area contributed by atoms with Crippen LogP contribution >= 0.6 is 44.3 Å². The molecule has 3 aliphatic rings. The monoisotopic (exact) mass is 1690 g/mol. The van der Waals surface area contributed by atoms with E-state index >= 15 is 0 Å². The van der Waals surface area contributed by atoms with E-state index in [-0.39, 0.29) is 77.3 Å². The Morgan fingerprint density at radius 2 is 1.00 bits per heavy atom. The third-order valence-electron chi connectivity index (χ3n) is 16.9. The van der Waals surface area contributed by atoms with Gasteiger partial charge in [0.25, 0.3) is 5.91 Å². The van der Waals surface area contributed by atoms with Gasteiger partial charge in [-0.2, -0.15) is 14.6 Å². The van der Waals surface area contributed by atoms with E-state index in [1.807, 2.05) is 79.1 Å². The lowest BCUT2D eigenvalue weighted by Gasteiger charge is -2.37. The number of furan rings is 1. The number of methoxy groups -OCH3 is 4. The summed E-state index contributed by atoms with van der Waals surface area (Å²) in [6.45, 7) is 16.5. The van der Waals surface area contributed by atoms with Gasteiger partial charge in [-0.05, 0) is 111 Å². The van der Waals surface area contributed by atoms with Gasteiger partial charge in [-0.25, -0.2) is 36.4 Å². The third-order valence-corrected chi connectivity index (χ3v) is 17.8. The predicted octanol–water partition coefficient (Wildman–Crippen LogP) is 12.9. The molecule has 4 aromatic heterocycles. The summed E-state index contributed by atoms with van der Waals surface area (Å²) >= 11 is 6.20. The van der Waals surface area contributed by atoms with Gasteiger partial charge in [0.2, 0.25) is 11.8 Å². The Kier molecular flexibility index (Phi) is 33.8. The zero-order valence-electron chi connectivity index (χ0n) is 62.5. The number of nitrogen functional groups attached to an aromatic ring is 1. The first kappa shape index (κ1) is 86.8. The van der Waals surface area contributed by atoms with Gasteiger partial charge in [-0.1, -0.05) is 62.2 Å². The molecule has 598 valence electrons. The maximum atomic E-state index is 14.7. The molecule has 4 N–H and O–H groups in total. The number of hydrogen-bond acceptors (Lipinski definition) is 22. The molecule has 7 heterocycles. The maximum Gasteiger partial charge on any atom is 0.410 e. The number of anilines is 4. The van der Waals surface area contributed by atoms with Gasteiger partial charge in [-0.3, -0.25) is 4.79 Å². The molecule has 1 atom stereocenters. The quantitative estimate of drug-likeness (QED) is 0.0397. The van der Waals surface area contributed by atoms with Crippen LogP contribution in [-0.2, 0) is 28.5 Å². The summed E-state index contributed by atoms with van der Waals surface area (Å²) in [6.07, 6.45) is 2.86. The number of carbonyl (C=O) groups is 2. The van der Waals surface area contributed by atoms with Crippen LogP contribution in [0.2, 0.25) is 0 Å². The highest BCUT2D eigenvalue weighted by atomic mass is 79.9. The van der Waals surface area contributed by atoms with E-state index in [0.29, 0.717) is 136 Å². The van der Waals surface area contributed by atoms with Gasteiger partial charge in [0, 0.05) is 151 Å². The van der Waals surface area contributed by atoms with Gasteiger partial charge in [-0.15, -0.1) is 17.5 Å². The second kappa shape index (κ2) is 43.2. The standard InChI is InChI=1S/C31H30FN9O4.C18H27FN2O4.C13H19FN2O2.C9H10BrFO2.C6H4BrFO.ClH/c1-43-16-17-45-24-10-9-21(18-23(24)32)38-11-13-39(14-12-38)30(42)26(20-6-3-2-4-7-20)40-29-22(19-34-40)28-35-27(25-8-5-15-44-25)37-41(28)31(33)36-29;1-18(2,3)25-17(22)21-9-7-20(8-10-21)14-5-6-16(15(19)13-14)24-12-11-23-4;1-17-8-9-18-13-3-2-11(10-12(13)14)16-6-4-15-5-7-16;1-12-4-5-13-9-3-2-7(10)6-8(9)11;7-4-1-2-6(9)5(8)3-4;/h2-10,15,18-19,26H,11-14,16-17H2,1H3,(H2,33,36);5-6,13H,7-12H2,1-4H3;2-3,10,15H,4-9H2,1H3;2-3,6H,4-5H2,1H3;1-3,9H;1H. The van der Waals surface area contributed by atoms with E-state index in [1.165, 1.54) is 40.9 Å². The van der Waals surface area contributed by atoms with Gasteiger partial charge >= 0.3 is 6.09 Å². The lowest BCUT2D eigenvalue weighted by molar-refractivity contribution is -0.134. The van der Waals surface area contributed by atoms with Crippen molar-refractivity contribution in [2.75, 3.05) is 180 Å². The third kappa shape index (κ3) is 25.1. The van der Waals surface area contributed by atoms with Crippen molar-refractivity contribution in [3.8, 4) is 40.3 Å². The molecule has 0 saturated carbocycles. The van der Waals surface area contributed by atoms with Crippen molar-refractivity contribution < 1.29 is 83.7 Å². The van der Waals surface area contributed by atoms with Crippen LogP contribution in [-0.4, -0.2) is 222 Å². The van der Waals surface area contributed by atoms with Crippen LogP contribution in [0.5, 0.6) is 28.7 Å². The van der Waals surface area contributed by atoms with Crippen molar-refractivity contribution >= 4 is 96.0 Å². The minimum atomic E-state index is -0.807. The predicted molar refractivity (Wildman–Crippen MR) is 420 cm³/mol. The lowest BCUT2D eigenvalue weighted by atomic mass is 10.0. The highest BCUT2D eigenvalue weighted by Gasteiger charge is 2.34. The second-order valence-electron chi connectivity index (χ2n) is 25.6. The maximum absolute atomic E-state index is 14.7. The molecule has 2 amide bonds. The van der Waals surface area contributed by atoms with E-state index in [9.17, 15) is 31.5 Å². The fourth-order valence-corrected chi connectivity index (χ4v) is 12.0. The molecule has 34 heteroatoms. The van der Waals surface area contributed by atoms with Gasteiger partial charge in [0.1, 0.15) is 32.0 Å². The summed E-state index contributed by atoms with van der Waals surface area (Å²) in [4.78, 5) is 45.3. The summed E-state index contributed by atoms with van der Waals surface area (Å²) in [6, 6.07) is 35.8. The molecular weight excluding hydrogens is 1610 g/mol. The number of fused-ring (bicyclic) bond motifs is 3. The van der Waals surface area contributed by atoms with Gasteiger partial charge in [0.15, 0.2) is 80.9 Å². The van der Waals surface area contributed by atoms with E-state index in [0.717, 1.165) is 48.8 Å². The molecule has 0 spiro atoms. The minimum Gasteiger partial charge on any atom is -0.505 e. The number of amides is 2. The Balaban J connectivity index is 0.000000197.